The number of benzene rings is 3. The number of H-pyrrole nitrogens is 1. The molecule has 0 aliphatic carbocycles. The summed E-state index contributed by atoms with van der Waals surface area (Å²) in [6.45, 7) is 0. The topological polar surface area (TPSA) is 59.9 Å². The number of thioether (sulfide) groups is 1. The molecule has 158 valence electrons. The Hall–Kier alpha value is -3.77. The summed E-state index contributed by atoms with van der Waals surface area (Å²) < 4.78 is 7.18. The van der Waals surface area contributed by atoms with Gasteiger partial charge in [-0.05, 0) is 23.8 Å². The number of rotatable bonds is 6. The minimum absolute atomic E-state index is 0.148. The molecule has 0 spiro atoms. The Bertz CT molecular complexity index is 1490. The minimum Gasteiger partial charge on any atom is -0.495 e. The van der Waals surface area contributed by atoms with Crippen LogP contribution in [0.2, 0.25) is 0 Å². The first-order chi connectivity index (χ1) is 15.8. The Labute approximate surface area is 189 Å². The van der Waals surface area contributed by atoms with Gasteiger partial charge in [-0.3, -0.25) is 4.79 Å². The van der Waals surface area contributed by atoms with E-state index in [2.05, 4.69) is 29.3 Å². The van der Waals surface area contributed by atoms with E-state index in [0.29, 0.717) is 33.4 Å². The summed E-state index contributed by atoms with van der Waals surface area (Å²) >= 11 is 1.52. The summed E-state index contributed by atoms with van der Waals surface area (Å²) in [5.74, 6) is 1.29. The molecule has 0 saturated heterocycles. The standard InChI is InChI=1S/C26H21N3O2S/c1-31-22-16-8-7-15-21(22)29-25(30)24-23(19-13-5-6-14-20(19)27-24)28-26(29)32-17-9-12-18-10-3-2-4-11-18/h2-16,27H,17H2,1H3/b12-9+. The molecule has 2 heterocycles. The molecule has 0 aliphatic rings. The maximum atomic E-state index is 13.6. The molecule has 32 heavy (non-hydrogen) atoms. The van der Waals surface area contributed by atoms with Crippen LogP contribution in [0, 0.1) is 0 Å². The van der Waals surface area contributed by atoms with Crippen molar-refractivity contribution in [3.05, 3.63) is 101 Å². The lowest BCUT2D eigenvalue weighted by molar-refractivity contribution is 0.411. The lowest BCUT2D eigenvalue weighted by Crippen LogP contribution is -2.22. The number of hydrogen-bond donors (Lipinski definition) is 1. The molecule has 0 unspecified atom stereocenters. The first-order valence-corrected chi connectivity index (χ1v) is 11.3. The zero-order valence-corrected chi connectivity index (χ0v) is 18.3. The second-order valence-corrected chi connectivity index (χ2v) is 8.21. The molecule has 0 saturated carbocycles. The van der Waals surface area contributed by atoms with Gasteiger partial charge in [-0.1, -0.05) is 84.6 Å². The second-order valence-electron chi connectivity index (χ2n) is 7.23. The quantitative estimate of drug-likeness (QED) is 0.273. The van der Waals surface area contributed by atoms with Crippen molar-refractivity contribution in [1.82, 2.24) is 14.5 Å². The summed E-state index contributed by atoms with van der Waals surface area (Å²) in [6.07, 6.45) is 4.15. The van der Waals surface area contributed by atoms with Crippen LogP contribution >= 0.6 is 11.8 Å². The van der Waals surface area contributed by atoms with Crippen molar-refractivity contribution < 1.29 is 4.74 Å². The summed E-state index contributed by atoms with van der Waals surface area (Å²) in [5, 5.41) is 1.56. The number of aromatic nitrogens is 3. The average Bonchev–Trinajstić information content (AvgIpc) is 3.22. The third-order valence-corrected chi connectivity index (χ3v) is 6.13. The van der Waals surface area contributed by atoms with Crippen LogP contribution in [0.5, 0.6) is 5.75 Å². The summed E-state index contributed by atoms with van der Waals surface area (Å²) in [5.41, 5.74) is 3.72. The van der Waals surface area contributed by atoms with Crippen LogP contribution in [0.3, 0.4) is 0 Å². The van der Waals surface area contributed by atoms with Crippen LogP contribution in [0.25, 0.3) is 33.7 Å². The van der Waals surface area contributed by atoms with Gasteiger partial charge in [0.2, 0.25) is 0 Å². The molecular formula is C26H21N3O2S. The zero-order chi connectivity index (χ0) is 21.9. The lowest BCUT2D eigenvalue weighted by atomic mass is 10.2. The van der Waals surface area contributed by atoms with Gasteiger partial charge in [0, 0.05) is 16.7 Å². The van der Waals surface area contributed by atoms with Crippen LogP contribution in [-0.4, -0.2) is 27.4 Å². The highest BCUT2D eigenvalue weighted by atomic mass is 32.2. The van der Waals surface area contributed by atoms with Crippen LogP contribution in [0.15, 0.2) is 94.9 Å². The molecule has 6 heteroatoms. The van der Waals surface area contributed by atoms with Gasteiger partial charge in [0.05, 0.1) is 12.8 Å². The number of ether oxygens (including phenoxy) is 1. The molecule has 0 radical (unpaired) electrons. The van der Waals surface area contributed by atoms with Crippen LogP contribution in [0.1, 0.15) is 5.56 Å². The fraction of sp³-hybridized carbons (Fsp3) is 0.0769. The van der Waals surface area contributed by atoms with Crippen LogP contribution < -0.4 is 10.3 Å². The minimum atomic E-state index is -0.148. The Morgan fingerprint density at radius 2 is 1.75 bits per heavy atom. The number of nitrogens with one attached hydrogen (secondary N) is 1. The zero-order valence-electron chi connectivity index (χ0n) is 17.5. The van der Waals surface area contributed by atoms with E-state index in [1.165, 1.54) is 11.8 Å². The van der Waals surface area contributed by atoms with Crippen molar-refractivity contribution in [2.75, 3.05) is 12.9 Å². The Morgan fingerprint density at radius 3 is 2.59 bits per heavy atom. The van der Waals surface area contributed by atoms with E-state index in [-0.39, 0.29) is 5.56 Å². The molecule has 0 amide bonds. The van der Waals surface area contributed by atoms with Gasteiger partial charge in [-0.15, -0.1) is 0 Å². The Morgan fingerprint density at radius 1 is 1.00 bits per heavy atom. The first kappa shape index (κ1) is 20.2. The van der Waals surface area contributed by atoms with Gasteiger partial charge in [-0.25, -0.2) is 9.55 Å². The van der Waals surface area contributed by atoms with Gasteiger partial charge in [0.25, 0.3) is 5.56 Å². The Balaban J connectivity index is 1.64. The molecule has 3 aromatic carbocycles. The fourth-order valence-corrected chi connectivity index (χ4v) is 4.54. The van der Waals surface area contributed by atoms with Crippen molar-refractivity contribution in [3.8, 4) is 11.4 Å². The van der Waals surface area contributed by atoms with Crippen LogP contribution in [-0.2, 0) is 0 Å². The number of fused-ring (bicyclic) bond motifs is 3. The van der Waals surface area contributed by atoms with E-state index in [0.717, 1.165) is 16.5 Å². The van der Waals surface area contributed by atoms with Crippen molar-refractivity contribution in [3.63, 3.8) is 0 Å². The lowest BCUT2D eigenvalue weighted by Gasteiger charge is -2.14. The summed E-state index contributed by atoms with van der Waals surface area (Å²) in [7, 11) is 1.61. The fourth-order valence-electron chi connectivity index (χ4n) is 3.74. The van der Waals surface area contributed by atoms with Crippen molar-refractivity contribution in [2.24, 2.45) is 0 Å². The van der Waals surface area contributed by atoms with Crippen molar-refractivity contribution >= 4 is 39.8 Å². The van der Waals surface area contributed by atoms with Gasteiger partial charge in [-0.2, -0.15) is 0 Å². The Kier molecular flexibility index (Phi) is 5.52. The summed E-state index contributed by atoms with van der Waals surface area (Å²) in [4.78, 5) is 21.8. The SMILES string of the molecule is COc1ccccc1-n1c(SC/C=C/c2ccccc2)nc2c([nH]c3ccccc32)c1=O. The molecule has 0 bridgehead atoms. The normalized spacial score (nSPS) is 11.5. The molecule has 5 nitrogen and oxygen atoms in total. The third-order valence-electron chi connectivity index (χ3n) is 5.24. The highest BCUT2D eigenvalue weighted by molar-refractivity contribution is 7.99. The van der Waals surface area contributed by atoms with E-state index in [9.17, 15) is 4.79 Å². The van der Waals surface area contributed by atoms with E-state index in [1.54, 1.807) is 11.7 Å². The van der Waals surface area contributed by atoms with Crippen molar-refractivity contribution in [2.45, 2.75) is 5.16 Å². The van der Waals surface area contributed by atoms with E-state index in [1.807, 2.05) is 66.7 Å². The molecule has 0 fully saturated rings. The maximum absolute atomic E-state index is 13.6. The highest BCUT2D eigenvalue weighted by Gasteiger charge is 2.18. The van der Waals surface area contributed by atoms with E-state index in [4.69, 9.17) is 9.72 Å². The largest absolute Gasteiger partial charge is 0.495 e. The molecule has 1 N–H and O–H groups in total. The number of aromatic amines is 1. The predicted molar refractivity (Wildman–Crippen MR) is 132 cm³/mol. The first-order valence-electron chi connectivity index (χ1n) is 10.3. The third kappa shape index (κ3) is 3.69. The van der Waals surface area contributed by atoms with Gasteiger partial charge < -0.3 is 9.72 Å². The average molecular weight is 440 g/mol. The monoisotopic (exact) mass is 439 g/mol. The predicted octanol–water partition coefficient (Wildman–Crippen LogP) is 5.68. The number of methoxy groups -OCH3 is 1. The van der Waals surface area contributed by atoms with Gasteiger partial charge in [0.1, 0.15) is 16.8 Å². The smallest absolute Gasteiger partial charge is 0.283 e. The number of hydrogen-bond acceptors (Lipinski definition) is 4. The maximum Gasteiger partial charge on any atom is 0.283 e. The molecular weight excluding hydrogens is 418 g/mol. The van der Waals surface area contributed by atoms with E-state index >= 15 is 0 Å². The number of para-hydroxylation sites is 3. The molecule has 5 rings (SSSR count). The van der Waals surface area contributed by atoms with E-state index < -0.39 is 0 Å². The number of nitrogens with zero attached hydrogens (tertiary/aromatic N) is 2. The van der Waals surface area contributed by atoms with Crippen molar-refractivity contribution in [1.29, 1.82) is 0 Å². The molecule has 0 aliphatic heterocycles. The van der Waals surface area contributed by atoms with Crippen LogP contribution in [0.4, 0.5) is 0 Å². The molecule has 0 atom stereocenters. The van der Waals surface area contributed by atoms with Gasteiger partial charge >= 0.3 is 0 Å². The second kappa shape index (κ2) is 8.77. The molecule has 5 aromatic rings. The summed E-state index contributed by atoms with van der Waals surface area (Å²) in [6, 6.07) is 25.5. The molecule has 2 aromatic heterocycles. The van der Waals surface area contributed by atoms with Gasteiger partial charge in [0.15, 0.2) is 5.16 Å². The highest BCUT2D eigenvalue weighted by Crippen LogP contribution is 2.29.